The van der Waals surface area contributed by atoms with Gasteiger partial charge in [0.2, 0.25) is 5.96 Å². The number of halogens is 1. The molecular weight excluding hydrogens is 436 g/mol. The standard InChI is InChI=1S/C26H25ClN4O2/c1-17-7-9-18(10-8-17)25(32)31-26(30-20-11-12-24(33-2)22(27)15-20)28-14-13-19-16-29-23-6-4-3-5-21(19)23/h3-12,15-16,29H,13-14H2,1-2H3,(H2,28,30,31,32). The summed E-state index contributed by atoms with van der Waals surface area (Å²) in [5.41, 5.74) is 4.60. The van der Waals surface area contributed by atoms with Gasteiger partial charge in [-0.15, -0.1) is 0 Å². The third kappa shape index (κ3) is 5.54. The van der Waals surface area contributed by atoms with Crippen LogP contribution >= 0.6 is 11.6 Å². The molecule has 0 spiro atoms. The highest BCUT2D eigenvalue weighted by Crippen LogP contribution is 2.27. The van der Waals surface area contributed by atoms with Crippen LogP contribution < -0.4 is 15.4 Å². The van der Waals surface area contributed by atoms with Crippen molar-refractivity contribution in [3.63, 3.8) is 0 Å². The second-order valence-corrected chi connectivity index (χ2v) is 8.04. The Kier molecular flexibility index (Phi) is 6.95. The number of rotatable bonds is 6. The molecule has 7 heteroatoms. The molecule has 0 saturated carbocycles. The Labute approximate surface area is 197 Å². The van der Waals surface area contributed by atoms with E-state index in [-0.39, 0.29) is 5.91 Å². The number of nitrogens with zero attached hydrogens (tertiary/aromatic N) is 1. The second kappa shape index (κ2) is 10.2. The van der Waals surface area contributed by atoms with E-state index in [0.29, 0.717) is 34.5 Å². The van der Waals surface area contributed by atoms with Crippen LogP contribution in [0.25, 0.3) is 10.9 Å². The van der Waals surface area contributed by atoms with E-state index >= 15 is 0 Å². The first-order valence-electron chi connectivity index (χ1n) is 10.6. The highest BCUT2D eigenvalue weighted by molar-refractivity contribution is 6.32. The predicted octanol–water partition coefficient (Wildman–Crippen LogP) is 5.58. The molecule has 0 aliphatic carbocycles. The highest BCUT2D eigenvalue weighted by atomic mass is 35.5. The first-order chi connectivity index (χ1) is 16.0. The van der Waals surface area contributed by atoms with Crippen LogP contribution in [-0.2, 0) is 6.42 Å². The monoisotopic (exact) mass is 460 g/mol. The number of methoxy groups -OCH3 is 1. The zero-order valence-corrected chi connectivity index (χ0v) is 19.2. The Morgan fingerprint density at radius 2 is 1.88 bits per heavy atom. The van der Waals surface area contributed by atoms with Gasteiger partial charge < -0.3 is 15.0 Å². The van der Waals surface area contributed by atoms with Gasteiger partial charge >= 0.3 is 0 Å². The number of hydrogen-bond donors (Lipinski definition) is 3. The number of nitrogens with one attached hydrogen (secondary N) is 3. The van der Waals surface area contributed by atoms with E-state index in [1.807, 2.05) is 49.5 Å². The normalized spacial score (nSPS) is 11.4. The fourth-order valence-electron chi connectivity index (χ4n) is 3.50. The number of amides is 1. The maximum Gasteiger partial charge on any atom is 0.257 e. The lowest BCUT2D eigenvalue weighted by molar-refractivity contribution is 0.0977. The van der Waals surface area contributed by atoms with Gasteiger partial charge in [-0.1, -0.05) is 47.5 Å². The molecule has 0 saturated heterocycles. The van der Waals surface area contributed by atoms with E-state index in [2.05, 4.69) is 26.7 Å². The molecule has 4 aromatic rings. The van der Waals surface area contributed by atoms with Crippen LogP contribution in [0.1, 0.15) is 21.5 Å². The number of ether oxygens (including phenoxy) is 1. The number of H-pyrrole nitrogens is 1. The zero-order valence-electron chi connectivity index (χ0n) is 18.5. The SMILES string of the molecule is COc1ccc(NC(=NCCc2c[nH]c3ccccc23)NC(=O)c2ccc(C)cc2)cc1Cl. The Morgan fingerprint density at radius 1 is 1.09 bits per heavy atom. The minimum atomic E-state index is -0.243. The van der Waals surface area contributed by atoms with Gasteiger partial charge in [-0.2, -0.15) is 0 Å². The molecule has 6 nitrogen and oxygen atoms in total. The number of carbonyl (C=O) groups is 1. The molecule has 168 valence electrons. The minimum Gasteiger partial charge on any atom is -0.495 e. The van der Waals surface area contributed by atoms with Crippen molar-refractivity contribution in [3.05, 3.63) is 94.6 Å². The van der Waals surface area contributed by atoms with Crippen molar-refractivity contribution in [2.24, 2.45) is 4.99 Å². The molecule has 3 aromatic carbocycles. The van der Waals surface area contributed by atoms with Gasteiger partial charge in [0.05, 0.1) is 12.1 Å². The Balaban J connectivity index is 1.53. The molecule has 0 bridgehead atoms. The molecule has 1 amide bonds. The lowest BCUT2D eigenvalue weighted by Gasteiger charge is -2.13. The van der Waals surface area contributed by atoms with E-state index < -0.39 is 0 Å². The molecule has 33 heavy (non-hydrogen) atoms. The molecule has 0 unspecified atom stereocenters. The number of anilines is 1. The van der Waals surface area contributed by atoms with E-state index in [4.69, 9.17) is 16.3 Å². The summed E-state index contributed by atoms with van der Waals surface area (Å²) >= 11 is 6.26. The molecule has 3 N–H and O–H groups in total. The lowest BCUT2D eigenvalue weighted by atomic mass is 10.1. The van der Waals surface area contributed by atoms with Gasteiger partial charge in [0, 0.05) is 34.9 Å². The number of aryl methyl sites for hydroxylation is 1. The highest BCUT2D eigenvalue weighted by Gasteiger charge is 2.11. The number of aliphatic imine (C=N–C) groups is 1. The van der Waals surface area contributed by atoms with E-state index in [9.17, 15) is 4.79 Å². The van der Waals surface area contributed by atoms with E-state index in [0.717, 1.165) is 17.5 Å². The Hall–Kier alpha value is -3.77. The van der Waals surface area contributed by atoms with Crippen molar-refractivity contribution in [2.45, 2.75) is 13.3 Å². The van der Waals surface area contributed by atoms with Crippen LogP contribution in [0.5, 0.6) is 5.75 Å². The molecule has 4 rings (SSSR count). The van der Waals surface area contributed by atoms with Crippen LogP contribution in [-0.4, -0.2) is 30.5 Å². The quantitative estimate of drug-likeness (QED) is 0.259. The van der Waals surface area contributed by atoms with Gasteiger partial charge in [0.1, 0.15) is 5.75 Å². The van der Waals surface area contributed by atoms with Crippen LogP contribution in [0, 0.1) is 6.92 Å². The largest absolute Gasteiger partial charge is 0.495 e. The molecule has 0 radical (unpaired) electrons. The Bertz CT molecular complexity index is 1300. The van der Waals surface area contributed by atoms with Crippen molar-refractivity contribution >= 4 is 40.1 Å². The number of aromatic nitrogens is 1. The minimum absolute atomic E-state index is 0.243. The zero-order chi connectivity index (χ0) is 23.2. The number of benzene rings is 3. The first kappa shape index (κ1) is 22.4. The summed E-state index contributed by atoms with van der Waals surface area (Å²) in [7, 11) is 1.56. The summed E-state index contributed by atoms with van der Waals surface area (Å²) in [6.45, 7) is 2.47. The average molecular weight is 461 g/mol. The second-order valence-electron chi connectivity index (χ2n) is 7.63. The van der Waals surface area contributed by atoms with Crippen molar-refractivity contribution in [3.8, 4) is 5.75 Å². The van der Waals surface area contributed by atoms with Crippen molar-refractivity contribution < 1.29 is 9.53 Å². The topological polar surface area (TPSA) is 78.5 Å². The fourth-order valence-corrected chi connectivity index (χ4v) is 3.76. The summed E-state index contributed by atoms with van der Waals surface area (Å²) in [6, 6.07) is 20.8. The number of carbonyl (C=O) groups excluding carboxylic acids is 1. The molecule has 0 aliphatic heterocycles. The van der Waals surface area contributed by atoms with E-state index in [1.165, 1.54) is 10.9 Å². The summed E-state index contributed by atoms with van der Waals surface area (Å²) in [5, 5.41) is 7.69. The van der Waals surface area contributed by atoms with Crippen LogP contribution in [0.15, 0.2) is 77.9 Å². The molecule has 0 fully saturated rings. The number of guanidine groups is 1. The van der Waals surface area contributed by atoms with Gasteiger partial charge in [0.15, 0.2) is 0 Å². The van der Waals surface area contributed by atoms with Crippen molar-refractivity contribution in [1.82, 2.24) is 10.3 Å². The summed E-state index contributed by atoms with van der Waals surface area (Å²) in [5.74, 6) is 0.679. The Morgan fingerprint density at radius 3 is 2.64 bits per heavy atom. The molecular formula is C26H25ClN4O2. The summed E-state index contributed by atoms with van der Waals surface area (Å²) in [4.78, 5) is 20.7. The molecule has 0 aliphatic rings. The molecule has 1 aromatic heterocycles. The third-order valence-corrected chi connectivity index (χ3v) is 5.58. The van der Waals surface area contributed by atoms with Crippen molar-refractivity contribution in [1.29, 1.82) is 0 Å². The fraction of sp³-hybridized carbons (Fsp3) is 0.154. The number of para-hydroxylation sites is 1. The maximum atomic E-state index is 12.8. The number of hydrogen-bond acceptors (Lipinski definition) is 3. The number of aromatic amines is 1. The van der Waals surface area contributed by atoms with Gasteiger partial charge in [-0.25, -0.2) is 0 Å². The first-order valence-corrected chi connectivity index (χ1v) is 11.0. The van der Waals surface area contributed by atoms with Crippen molar-refractivity contribution in [2.75, 3.05) is 19.0 Å². The van der Waals surface area contributed by atoms with Gasteiger partial charge in [-0.3, -0.25) is 15.1 Å². The molecule has 0 atom stereocenters. The van der Waals surface area contributed by atoms with E-state index in [1.54, 1.807) is 31.4 Å². The summed E-state index contributed by atoms with van der Waals surface area (Å²) in [6.07, 6.45) is 2.72. The maximum absolute atomic E-state index is 12.8. The summed E-state index contributed by atoms with van der Waals surface area (Å²) < 4.78 is 5.22. The van der Waals surface area contributed by atoms with Crippen LogP contribution in [0.2, 0.25) is 5.02 Å². The lowest BCUT2D eigenvalue weighted by Crippen LogP contribution is -2.36. The van der Waals surface area contributed by atoms with Gasteiger partial charge in [0.25, 0.3) is 5.91 Å². The molecule has 1 heterocycles. The van der Waals surface area contributed by atoms with Crippen LogP contribution in [0.3, 0.4) is 0 Å². The average Bonchev–Trinajstić information content (AvgIpc) is 3.23. The third-order valence-electron chi connectivity index (χ3n) is 5.29. The van der Waals surface area contributed by atoms with Gasteiger partial charge in [-0.05, 0) is 55.3 Å². The number of fused-ring (bicyclic) bond motifs is 1. The van der Waals surface area contributed by atoms with Crippen LogP contribution in [0.4, 0.5) is 5.69 Å². The predicted molar refractivity (Wildman–Crippen MR) is 135 cm³/mol. The smallest absolute Gasteiger partial charge is 0.257 e.